The van der Waals surface area contributed by atoms with Gasteiger partial charge in [-0.1, -0.05) is 0 Å². The Morgan fingerprint density at radius 2 is 2.53 bits per heavy atom. The van der Waals surface area contributed by atoms with Gasteiger partial charge in [0.2, 0.25) is 0 Å². The molecular formula is C12H15NO2. The highest BCUT2D eigenvalue weighted by Gasteiger charge is 2.04. The second-order valence-corrected chi connectivity index (χ2v) is 3.07. The van der Waals surface area contributed by atoms with E-state index in [9.17, 15) is 5.11 Å². The third-order valence-corrected chi connectivity index (χ3v) is 2.12. The fraction of sp³-hybridized carbons (Fsp3) is 0.333. The second kappa shape index (κ2) is 3.95. The van der Waals surface area contributed by atoms with Crippen LogP contribution in [-0.4, -0.2) is 22.9 Å². The first-order valence-corrected chi connectivity index (χ1v) is 4.40. The maximum Gasteiger partial charge on any atom is 0.119 e. The van der Waals surface area contributed by atoms with Gasteiger partial charge in [-0.3, -0.25) is 0 Å². The first-order valence-electron chi connectivity index (χ1n) is 7.40. The minimum atomic E-state index is -3.29. The van der Waals surface area contributed by atoms with Crippen LogP contribution >= 0.6 is 0 Å². The molecule has 3 heteroatoms. The van der Waals surface area contributed by atoms with Gasteiger partial charge in [-0.15, -0.1) is 0 Å². The first-order chi connectivity index (χ1) is 9.52. The van der Waals surface area contributed by atoms with Crippen LogP contribution in [0.5, 0.6) is 5.75 Å². The molecule has 0 saturated carbocycles. The summed E-state index contributed by atoms with van der Waals surface area (Å²) in [5, 5.41) is 10.5. The number of methoxy groups -OCH3 is 1. The zero-order chi connectivity index (χ0) is 16.1. The number of fused-ring (bicyclic) bond motifs is 1. The van der Waals surface area contributed by atoms with Gasteiger partial charge in [0.25, 0.3) is 0 Å². The SMILES string of the molecule is [2H]C([2H])([2H])C([2H])(O)C([2H])([2H])n1ccc2cc(OC)ccc21. The van der Waals surface area contributed by atoms with Crippen molar-refractivity contribution in [3.05, 3.63) is 30.5 Å². The number of hydrogen-bond acceptors (Lipinski definition) is 2. The van der Waals surface area contributed by atoms with E-state index < -0.39 is 19.4 Å². The van der Waals surface area contributed by atoms with Crippen LogP contribution in [-0.2, 0) is 6.50 Å². The van der Waals surface area contributed by atoms with Crippen molar-refractivity contribution in [2.45, 2.75) is 19.4 Å². The Kier molecular flexibility index (Phi) is 1.32. The average molecular weight is 211 g/mol. The molecule has 1 aromatic heterocycles. The third-order valence-electron chi connectivity index (χ3n) is 2.12. The summed E-state index contributed by atoms with van der Waals surface area (Å²) in [6, 6.07) is 6.35. The number of rotatable bonds is 3. The lowest BCUT2D eigenvalue weighted by molar-refractivity contribution is 0.175. The lowest BCUT2D eigenvalue weighted by atomic mass is 10.2. The van der Waals surface area contributed by atoms with Crippen molar-refractivity contribution >= 4 is 10.9 Å². The van der Waals surface area contributed by atoms with E-state index in [-0.39, 0.29) is 0 Å². The van der Waals surface area contributed by atoms with Crippen LogP contribution < -0.4 is 4.74 Å². The van der Waals surface area contributed by atoms with Gasteiger partial charge in [0, 0.05) is 27.7 Å². The van der Waals surface area contributed by atoms with Crippen molar-refractivity contribution in [3.8, 4) is 5.75 Å². The third kappa shape index (κ3) is 1.97. The van der Waals surface area contributed by atoms with E-state index >= 15 is 0 Å². The molecule has 0 aliphatic rings. The maximum atomic E-state index is 9.89. The van der Waals surface area contributed by atoms with E-state index in [0.29, 0.717) is 16.7 Å². The Hall–Kier alpha value is -1.48. The number of hydrogen-bond donors (Lipinski definition) is 1. The van der Waals surface area contributed by atoms with Crippen LogP contribution in [0, 0.1) is 0 Å². The smallest absolute Gasteiger partial charge is 0.119 e. The summed E-state index contributed by atoms with van der Waals surface area (Å²) in [5.74, 6) is 0.567. The van der Waals surface area contributed by atoms with E-state index in [0.717, 1.165) is 4.57 Å². The van der Waals surface area contributed by atoms with E-state index in [1.807, 2.05) is 0 Å². The van der Waals surface area contributed by atoms with Gasteiger partial charge in [-0.05, 0) is 31.1 Å². The van der Waals surface area contributed by atoms with Gasteiger partial charge >= 0.3 is 0 Å². The number of ether oxygens (including phenoxy) is 1. The highest BCUT2D eigenvalue weighted by molar-refractivity contribution is 5.81. The molecule has 1 aromatic carbocycles. The lowest BCUT2D eigenvalue weighted by Crippen LogP contribution is -2.10. The summed E-state index contributed by atoms with van der Waals surface area (Å²) in [4.78, 5) is 0. The highest BCUT2D eigenvalue weighted by Crippen LogP contribution is 2.21. The van der Waals surface area contributed by atoms with Crippen LogP contribution in [0.25, 0.3) is 10.9 Å². The molecule has 0 saturated heterocycles. The molecule has 0 amide bonds. The first kappa shape index (κ1) is 5.03. The van der Waals surface area contributed by atoms with E-state index in [1.165, 1.54) is 13.3 Å². The van der Waals surface area contributed by atoms with Crippen molar-refractivity contribution in [2.75, 3.05) is 7.11 Å². The Morgan fingerprint density at radius 1 is 1.67 bits per heavy atom. The van der Waals surface area contributed by atoms with Gasteiger partial charge in [0.1, 0.15) is 5.75 Å². The molecule has 1 N–H and O–H groups in total. The molecular weight excluding hydrogens is 190 g/mol. The van der Waals surface area contributed by atoms with E-state index in [2.05, 4.69) is 0 Å². The summed E-state index contributed by atoms with van der Waals surface area (Å²) in [5.41, 5.74) is 0.357. The molecule has 3 nitrogen and oxygen atoms in total. The summed E-state index contributed by atoms with van der Waals surface area (Å²) >= 11 is 0. The molecule has 80 valence electrons. The Bertz CT molecular complexity index is 661. The molecule has 1 unspecified atom stereocenters. The van der Waals surface area contributed by atoms with E-state index in [4.69, 9.17) is 13.0 Å². The predicted octanol–water partition coefficient (Wildman–Crippen LogP) is 2.03. The van der Waals surface area contributed by atoms with Crippen molar-refractivity contribution < 1.29 is 18.1 Å². The van der Waals surface area contributed by atoms with Crippen molar-refractivity contribution in [3.63, 3.8) is 0 Å². The fourth-order valence-corrected chi connectivity index (χ4v) is 1.46. The maximum absolute atomic E-state index is 9.89. The van der Waals surface area contributed by atoms with Crippen LogP contribution in [0.4, 0.5) is 0 Å². The number of aromatic nitrogens is 1. The Morgan fingerprint density at radius 3 is 3.27 bits per heavy atom. The molecule has 2 aromatic rings. The molecule has 1 atom stereocenters. The molecule has 0 bridgehead atoms. The normalized spacial score (nSPS) is 22.8. The minimum absolute atomic E-state index is 0.357. The molecule has 0 spiro atoms. The predicted molar refractivity (Wildman–Crippen MR) is 60.2 cm³/mol. The number of aliphatic hydroxyl groups is 1. The van der Waals surface area contributed by atoms with Crippen molar-refractivity contribution in [1.29, 1.82) is 0 Å². The average Bonchev–Trinajstić information content (AvgIpc) is 2.80. The molecule has 0 radical (unpaired) electrons. The second-order valence-electron chi connectivity index (χ2n) is 3.07. The standard InChI is InChI=1S/C12H15NO2/c1-9(14)8-13-6-5-10-7-11(15-2)3-4-12(10)13/h3-7,9,14H,8H2,1-2H3/i1D3,8D2,9D. The Balaban J connectivity index is 2.60. The van der Waals surface area contributed by atoms with Crippen LogP contribution in [0.2, 0.25) is 0 Å². The largest absolute Gasteiger partial charge is 0.497 e. The molecule has 0 aliphatic heterocycles. The van der Waals surface area contributed by atoms with Gasteiger partial charge in [0.15, 0.2) is 0 Å². The molecule has 1 heterocycles. The zero-order valence-corrected chi connectivity index (χ0v) is 8.19. The van der Waals surface area contributed by atoms with Gasteiger partial charge in [-0.2, -0.15) is 0 Å². The minimum Gasteiger partial charge on any atom is -0.497 e. The monoisotopic (exact) mass is 211 g/mol. The Labute approximate surface area is 97.3 Å². The molecule has 2 rings (SSSR count). The lowest BCUT2D eigenvalue weighted by Gasteiger charge is -2.07. The van der Waals surface area contributed by atoms with Crippen molar-refractivity contribution in [1.82, 2.24) is 4.57 Å². The van der Waals surface area contributed by atoms with Crippen LogP contribution in [0.1, 0.15) is 15.1 Å². The van der Waals surface area contributed by atoms with Crippen LogP contribution in [0.15, 0.2) is 30.5 Å². The van der Waals surface area contributed by atoms with Crippen LogP contribution in [0.3, 0.4) is 0 Å². The summed E-state index contributed by atoms with van der Waals surface area (Å²) in [6.07, 6.45) is -1.98. The molecule has 0 aliphatic carbocycles. The topological polar surface area (TPSA) is 34.4 Å². The quantitative estimate of drug-likeness (QED) is 0.843. The summed E-state index contributed by atoms with van der Waals surface area (Å²) in [6.45, 7) is -6.03. The zero-order valence-electron chi connectivity index (χ0n) is 14.2. The van der Waals surface area contributed by atoms with Gasteiger partial charge < -0.3 is 14.4 Å². The van der Waals surface area contributed by atoms with Crippen molar-refractivity contribution in [2.24, 2.45) is 0 Å². The van der Waals surface area contributed by atoms with Gasteiger partial charge in [-0.25, -0.2) is 0 Å². The summed E-state index contributed by atoms with van der Waals surface area (Å²) < 4.78 is 51.0. The fourth-order valence-electron chi connectivity index (χ4n) is 1.46. The molecule has 0 fully saturated rings. The van der Waals surface area contributed by atoms with Gasteiger partial charge in [0.05, 0.1) is 17.3 Å². The number of nitrogens with zero attached hydrogens (tertiary/aromatic N) is 1. The summed E-state index contributed by atoms with van der Waals surface area (Å²) in [7, 11) is 1.49. The van der Waals surface area contributed by atoms with E-state index in [1.54, 1.807) is 24.3 Å². The highest BCUT2D eigenvalue weighted by atomic mass is 16.5. The molecule has 15 heavy (non-hydrogen) atoms. The number of benzene rings is 1.